The summed E-state index contributed by atoms with van der Waals surface area (Å²) in [6, 6.07) is 21.6. The van der Waals surface area contributed by atoms with Gasteiger partial charge in [-0.15, -0.1) is 0 Å². The molecule has 0 amide bonds. The fourth-order valence-corrected chi connectivity index (χ4v) is 2.29. The standard InChI is InChI=1S/C19H17N/c1-2-15-8-6-7-11-18(15)17-12-13-19(20-14-17)16-9-4-3-5-10-16/h3-14H,2H2,1H3/i2D2. The van der Waals surface area contributed by atoms with Gasteiger partial charge in [0.1, 0.15) is 0 Å². The summed E-state index contributed by atoms with van der Waals surface area (Å²) in [6.45, 7) is 1.58. The van der Waals surface area contributed by atoms with E-state index in [2.05, 4.69) is 4.98 Å². The average molecular weight is 261 g/mol. The molecule has 0 saturated carbocycles. The zero-order valence-corrected chi connectivity index (χ0v) is 11.4. The van der Waals surface area contributed by atoms with Crippen LogP contribution in [0.4, 0.5) is 0 Å². The molecule has 0 spiro atoms. The summed E-state index contributed by atoms with van der Waals surface area (Å²) in [7, 11) is 0. The lowest BCUT2D eigenvalue weighted by molar-refractivity contribution is 1.14. The molecule has 0 aliphatic carbocycles. The van der Waals surface area contributed by atoms with E-state index in [0.29, 0.717) is 5.56 Å². The normalized spacial score (nSPS) is 12.7. The topological polar surface area (TPSA) is 12.9 Å². The number of nitrogens with zero attached hydrogens (tertiary/aromatic N) is 1. The molecular formula is C19H17N. The molecule has 0 saturated heterocycles. The zero-order chi connectivity index (χ0) is 15.6. The molecule has 20 heavy (non-hydrogen) atoms. The Morgan fingerprint density at radius 3 is 2.30 bits per heavy atom. The van der Waals surface area contributed by atoms with Gasteiger partial charge in [0, 0.05) is 20.1 Å². The van der Waals surface area contributed by atoms with Gasteiger partial charge in [-0.3, -0.25) is 4.98 Å². The number of benzene rings is 2. The van der Waals surface area contributed by atoms with Crippen LogP contribution in [0.1, 0.15) is 15.2 Å². The van der Waals surface area contributed by atoms with Crippen molar-refractivity contribution in [3.63, 3.8) is 0 Å². The van der Waals surface area contributed by atoms with E-state index >= 15 is 0 Å². The van der Waals surface area contributed by atoms with E-state index in [9.17, 15) is 0 Å². The Balaban J connectivity index is 2.01. The molecule has 1 nitrogen and oxygen atoms in total. The number of pyridine rings is 1. The molecule has 0 unspecified atom stereocenters. The van der Waals surface area contributed by atoms with Crippen LogP contribution in [0.25, 0.3) is 22.4 Å². The second-order valence-electron chi connectivity index (χ2n) is 4.59. The summed E-state index contributed by atoms with van der Waals surface area (Å²) >= 11 is 0. The van der Waals surface area contributed by atoms with Crippen LogP contribution in [0.3, 0.4) is 0 Å². The fraction of sp³-hybridized carbons (Fsp3) is 0.105. The summed E-state index contributed by atoms with van der Waals surface area (Å²) in [4.78, 5) is 4.53. The molecule has 98 valence electrons. The zero-order valence-electron chi connectivity index (χ0n) is 13.4. The Kier molecular flexibility index (Phi) is 2.96. The lowest BCUT2D eigenvalue weighted by Crippen LogP contribution is -1.89. The van der Waals surface area contributed by atoms with E-state index in [-0.39, 0.29) is 0 Å². The second kappa shape index (κ2) is 5.70. The molecule has 0 aliphatic heterocycles. The van der Waals surface area contributed by atoms with Crippen molar-refractivity contribution in [2.45, 2.75) is 13.3 Å². The number of aryl methyl sites for hydroxylation is 1. The maximum atomic E-state index is 7.99. The smallest absolute Gasteiger partial charge is 0.0702 e. The van der Waals surface area contributed by atoms with Crippen molar-refractivity contribution < 1.29 is 2.74 Å². The lowest BCUT2D eigenvalue weighted by atomic mass is 9.99. The van der Waals surface area contributed by atoms with Crippen LogP contribution in [0.5, 0.6) is 0 Å². The van der Waals surface area contributed by atoms with E-state index in [1.165, 1.54) is 0 Å². The molecule has 3 rings (SSSR count). The van der Waals surface area contributed by atoms with Crippen molar-refractivity contribution in [3.8, 4) is 22.4 Å². The largest absolute Gasteiger partial charge is 0.256 e. The van der Waals surface area contributed by atoms with E-state index in [1.54, 1.807) is 6.92 Å². The Morgan fingerprint density at radius 1 is 0.850 bits per heavy atom. The first kappa shape index (κ1) is 10.4. The van der Waals surface area contributed by atoms with Gasteiger partial charge < -0.3 is 0 Å². The molecule has 1 aromatic heterocycles. The van der Waals surface area contributed by atoms with Crippen molar-refractivity contribution in [1.82, 2.24) is 4.98 Å². The summed E-state index contributed by atoms with van der Waals surface area (Å²) in [5, 5.41) is 0. The first-order valence-corrected chi connectivity index (χ1v) is 6.67. The molecule has 0 N–H and O–H groups in total. The van der Waals surface area contributed by atoms with E-state index < -0.39 is 6.37 Å². The highest BCUT2D eigenvalue weighted by Gasteiger charge is 2.04. The molecule has 1 heteroatoms. The molecule has 0 aliphatic rings. The predicted octanol–water partition coefficient (Wildman–Crippen LogP) is 4.98. The number of rotatable bonds is 3. The highest BCUT2D eigenvalue weighted by Crippen LogP contribution is 2.25. The summed E-state index contributed by atoms with van der Waals surface area (Å²) in [5.74, 6) is 0. The number of aromatic nitrogens is 1. The van der Waals surface area contributed by atoms with Crippen molar-refractivity contribution in [3.05, 3.63) is 78.5 Å². The Morgan fingerprint density at radius 2 is 1.60 bits per heavy atom. The van der Waals surface area contributed by atoms with E-state index in [0.717, 1.165) is 22.4 Å². The van der Waals surface area contributed by atoms with Gasteiger partial charge in [0.05, 0.1) is 5.69 Å². The number of hydrogen-bond donors (Lipinski definition) is 0. The van der Waals surface area contributed by atoms with Gasteiger partial charge in [-0.2, -0.15) is 0 Å². The third kappa shape index (κ3) is 2.48. The SMILES string of the molecule is [2H]C([2H])(C)c1ccccc1-c1ccc(-c2ccccc2)nc1. The first-order chi connectivity index (χ1) is 10.6. The molecule has 3 aromatic rings. The van der Waals surface area contributed by atoms with Crippen LogP contribution in [0, 0.1) is 0 Å². The van der Waals surface area contributed by atoms with Crippen molar-refractivity contribution in [2.75, 3.05) is 0 Å². The summed E-state index contributed by atoms with van der Waals surface area (Å²) < 4.78 is 16.0. The van der Waals surface area contributed by atoms with Crippen molar-refractivity contribution >= 4 is 0 Å². The van der Waals surface area contributed by atoms with Crippen LogP contribution in [0.2, 0.25) is 0 Å². The van der Waals surface area contributed by atoms with Gasteiger partial charge in [0.15, 0.2) is 0 Å². The van der Waals surface area contributed by atoms with Crippen LogP contribution in [-0.4, -0.2) is 4.98 Å². The van der Waals surface area contributed by atoms with Crippen molar-refractivity contribution in [1.29, 1.82) is 0 Å². The van der Waals surface area contributed by atoms with E-state index in [4.69, 9.17) is 2.74 Å². The van der Waals surface area contributed by atoms with Crippen molar-refractivity contribution in [2.24, 2.45) is 0 Å². The van der Waals surface area contributed by atoms with Crippen LogP contribution < -0.4 is 0 Å². The Hall–Kier alpha value is -2.41. The minimum Gasteiger partial charge on any atom is -0.256 e. The second-order valence-corrected chi connectivity index (χ2v) is 4.59. The third-order valence-electron chi connectivity index (χ3n) is 3.34. The van der Waals surface area contributed by atoms with Gasteiger partial charge in [-0.25, -0.2) is 0 Å². The molecular weight excluding hydrogens is 242 g/mol. The summed E-state index contributed by atoms with van der Waals surface area (Å²) in [6.07, 6.45) is 0.432. The highest BCUT2D eigenvalue weighted by atomic mass is 14.7. The highest BCUT2D eigenvalue weighted by molar-refractivity contribution is 5.69. The number of hydrogen-bond acceptors (Lipinski definition) is 1. The first-order valence-electron chi connectivity index (χ1n) is 7.67. The van der Waals surface area contributed by atoms with E-state index in [1.807, 2.05) is 72.9 Å². The minimum atomic E-state index is -1.38. The minimum absolute atomic E-state index is 0.685. The molecule has 0 atom stereocenters. The summed E-state index contributed by atoms with van der Waals surface area (Å²) in [5.41, 5.74) is 4.50. The molecule has 0 fully saturated rings. The predicted molar refractivity (Wildman–Crippen MR) is 84.5 cm³/mol. The van der Waals surface area contributed by atoms with Crippen LogP contribution >= 0.6 is 0 Å². The molecule has 1 heterocycles. The van der Waals surface area contributed by atoms with Gasteiger partial charge in [0.2, 0.25) is 0 Å². The Bertz CT molecular complexity index is 759. The molecule has 2 aromatic carbocycles. The van der Waals surface area contributed by atoms with Gasteiger partial charge >= 0.3 is 0 Å². The maximum Gasteiger partial charge on any atom is 0.0702 e. The molecule has 0 bridgehead atoms. The molecule has 0 radical (unpaired) electrons. The average Bonchev–Trinajstić information content (AvgIpc) is 2.55. The third-order valence-corrected chi connectivity index (χ3v) is 3.34. The maximum absolute atomic E-state index is 7.99. The quantitative estimate of drug-likeness (QED) is 0.648. The Labute approximate surface area is 122 Å². The fourth-order valence-electron chi connectivity index (χ4n) is 2.29. The van der Waals surface area contributed by atoms with Gasteiger partial charge in [0.25, 0.3) is 0 Å². The van der Waals surface area contributed by atoms with Crippen LogP contribution in [0.15, 0.2) is 72.9 Å². The monoisotopic (exact) mass is 261 g/mol. The van der Waals surface area contributed by atoms with Gasteiger partial charge in [-0.1, -0.05) is 67.6 Å². The van der Waals surface area contributed by atoms with Gasteiger partial charge in [-0.05, 0) is 23.6 Å². The van der Waals surface area contributed by atoms with Crippen LogP contribution in [-0.2, 0) is 6.37 Å². The lowest BCUT2D eigenvalue weighted by Gasteiger charge is -2.08.